The average Bonchev–Trinajstić information content (AvgIpc) is 2.42. The van der Waals surface area contributed by atoms with Crippen molar-refractivity contribution < 1.29 is 4.74 Å². The normalized spacial score (nSPS) is 11.5. The summed E-state index contributed by atoms with van der Waals surface area (Å²) in [6.45, 7) is 7.25. The van der Waals surface area contributed by atoms with Gasteiger partial charge in [0.2, 0.25) is 0 Å². The van der Waals surface area contributed by atoms with E-state index in [2.05, 4.69) is 38.2 Å². The van der Waals surface area contributed by atoms with Crippen molar-refractivity contribution in [3.05, 3.63) is 58.6 Å². The van der Waals surface area contributed by atoms with Crippen molar-refractivity contribution in [1.29, 1.82) is 0 Å². The lowest BCUT2D eigenvalue weighted by Crippen LogP contribution is -2.11. The smallest absolute Gasteiger partial charge is 0.133 e. The summed E-state index contributed by atoms with van der Waals surface area (Å²) in [5, 5.41) is 3.84. The number of rotatable bonds is 4. The van der Waals surface area contributed by atoms with Gasteiger partial charge in [-0.3, -0.25) is 0 Å². The minimum Gasteiger partial charge on any atom is -0.457 e. The van der Waals surface area contributed by atoms with Crippen molar-refractivity contribution in [3.63, 3.8) is 0 Å². The molecule has 1 N–H and O–H groups in total. The lowest BCUT2D eigenvalue weighted by Gasteiger charge is -2.20. The first kappa shape index (κ1) is 15.9. The van der Waals surface area contributed by atoms with Gasteiger partial charge in [0.25, 0.3) is 0 Å². The first-order valence-corrected chi connectivity index (χ1v) is 7.50. The van der Waals surface area contributed by atoms with Gasteiger partial charge in [-0.25, -0.2) is 0 Å². The molecule has 0 aliphatic heterocycles. The molecule has 112 valence electrons. The maximum absolute atomic E-state index is 6.26. The van der Waals surface area contributed by atoms with Gasteiger partial charge in [0, 0.05) is 17.1 Å². The molecule has 0 saturated carbocycles. The third-order valence-corrected chi connectivity index (χ3v) is 3.71. The second-order valence-electron chi connectivity index (χ2n) is 6.13. The first-order chi connectivity index (χ1) is 9.91. The molecule has 0 saturated heterocycles. The molecule has 0 spiro atoms. The fourth-order valence-electron chi connectivity index (χ4n) is 2.14. The highest BCUT2D eigenvalue weighted by atomic mass is 35.5. The quantitative estimate of drug-likeness (QED) is 0.843. The van der Waals surface area contributed by atoms with E-state index in [9.17, 15) is 0 Å². The number of hydrogen-bond donors (Lipinski definition) is 1. The van der Waals surface area contributed by atoms with Crippen LogP contribution in [0.5, 0.6) is 11.5 Å². The van der Waals surface area contributed by atoms with E-state index in [1.807, 2.05) is 37.4 Å². The van der Waals surface area contributed by atoms with Crippen LogP contribution in [0.1, 0.15) is 31.9 Å². The van der Waals surface area contributed by atoms with Gasteiger partial charge in [-0.05, 0) is 42.3 Å². The zero-order valence-corrected chi connectivity index (χ0v) is 13.8. The number of hydrogen-bond acceptors (Lipinski definition) is 2. The summed E-state index contributed by atoms with van der Waals surface area (Å²) in [6.07, 6.45) is 0. The Morgan fingerprint density at radius 2 is 1.81 bits per heavy atom. The highest BCUT2D eigenvalue weighted by Crippen LogP contribution is 2.32. The van der Waals surface area contributed by atoms with E-state index < -0.39 is 0 Å². The standard InChI is InChI=1S/C18H22ClNO/c1-18(2,3)13-7-5-8-14(11-13)21-17-10-6-9-16(19)15(17)12-20-4/h5-11,20H,12H2,1-4H3. The Kier molecular flexibility index (Phi) is 4.92. The van der Waals surface area contributed by atoms with Crippen LogP contribution in [-0.2, 0) is 12.0 Å². The van der Waals surface area contributed by atoms with E-state index in [-0.39, 0.29) is 5.41 Å². The van der Waals surface area contributed by atoms with Gasteiger partial charge in [0.1, 0.15) is 11.5 Å². The van der Waals surface area contributed by atoms with Crippen LogP contribution in [0.2, 0.25) is 5.02 Å². The largest absolute Gasteiger partial charge is 0.457 e. The summed E-state index contributed by atoms with van der Waals surface area (Å²) in [4.78, 5) is 0. The maximum Gasteiger partial charge on any atom is 0.133 e. The molecule has 0 radical (unpaired) electrons. The van der Waals surface area contributed by atoms with E-state index in [1.54, 1.807) is 0 Å². The van der Waals surface area contributed by atoms with E-state index >= 15 is 0 Å². The molecule has 0 bridgehead atoms. The number of halogens is 1. The molecular formula is C18H22ClNO. The van der Waals surface area contributed by atoms with Crippen LogP contribution in [0.3, 0.4) is 0 Å². The second kappa shape index (κ2) is 6.50. The zero-order valence-electron chi connectivity index (χ0n) is 13.0. The zero-order chi connectivity index (χ0) is 15.5. The molecule has 0 aliphatic carbocycles. The van der Waals surface area contributed by atoms with Gasteiger partial charge in [-0.15, -0.1) is 0 Å². The van der Waals surface area contributed by atoms with Gasteiger partial charge >= 0.3 is 0 Å². The van der Waals surface area contributed by atoms with Crippen LogP contribution in [0, 0.1) is 0 Å². The van der Waals surface area contributed by atoms with Gasteiger partial charge in [0.05, 0.1) is 0 Å². The van der Waals surface area contributed by atoms with Gasteiger partial charge < -0.3 is 10.1 Å². The van der Waals surface area contributed by atoms with E-state index in [0.29, 0.717) is 11.6 Å². The van der Waals surface area contributed by atoms with Crippen LogP contribution >= 0.6 is 11.6 Å². The summed E-state index contributed by atoms with van der Waals surface area (Å²) in [7, 11) is 1.90. The van der Waals surface area contributed by atoms with Crippen molar-refractivity contribution in [2.45, 2.75) is 32.7 Å². The Morgan fingerprint density at radius 3 is 2.48 bits per heavy atom. The van der Waals surface area contributed by atoms with Crippen molar-refractivity contribution in [1.82, 2.24) is 5.32 Å². The van der Waals surface area contributed by atoms with Crippen LogP contribution in [0.25, 0.3) is 0 Å². The summed E-state index contributed by atoms with van der Waals surface area (Å²) < 4.78 is 6.05. The molecule has 0 aromatic heterocycles. The molecule has 0 heterocycles. The van der Waals surface area contributed by atoms with Gasteiger partial charge in [-0.1, -0.05) is 50.6 Å². The third-order valence-electron chi connectivity index (χ3n) is 3.36. The molecule has 2 rings (SSSR count). The lowest BCUT2D eigenvalue weighted by atomic mass is 9.87. The molecule has 0 unspecified atom stereocenters. The molecule has 21 heavy (non-hydrogen) atoms. The predicted molar refractivity (Wildman–Crippen MR) is 89.4 cm³/mol. The molecule has 3 heteroatoms. The molecule has 0 amide bonds. The lowest BCUT2D eigenvalue weighted by molar-refractivity contribution is 0.470. The minimum absolute atomic E-state index is 0.0987. The molecule has 2 nitrogen and oxygen atoms in total. The summed E-state index contributed by atoms with van der Waals surface area (Å²) in [5.41, 5.74) is 2.32. The fraction of sp³-hybridized carbons (Fsp3) is 0.333. The Hall–Kier alpha value is -1.51. The summed E-state index contributed by atoms with van der Waals surface area (Å²) >= 11 is 6.26. The van der Waals surface area contributed by atoms with Crippen molar-refractivity contribution in [3.8, 4) is 11.5 Å². The molecule has 0 atom stereocenters. The number of benzene rings is 2. The topological polar surface area (TPSA) is 21.3 Å². The predicted octanol–water partition coefficient (Wildman–Crippen LogP) is 5.15. The average molecular weight is 304 g/mol. The molecule has 2 aromatic carbocycles. The Bertz CT molecular complexity index is 617. The van der Waals surface area contributed by atoms with Crippen molar-refractivity contribution >= 4 is 11.6 Å². The maximum atomic E-state index is 6.26. The van der Waals surface area contributed by atoms with Gasteiger partial charge in [-0.2, -0.15) is 0 Å². The Labute approximate surface area is 132 Å². The van der Waals surface area contributed by atoms with E-state index in [1.165, 1.54) is 5.56 Å². The second-order valence-corrected chi connectivity index (χ2v) is 6.53. The monoisotopic (exact) mass is 303 g/mol. The molecule has 0 aliphatic rings. The van der Waals surface area contributed by atoms with Crippen LogP contribution in [-0.4, -0.2) is 7.05 Å². The van der Waals surface area contributed by atoms with E-state index in [4.69, 9.17) is 16.3 Å². The third kappa shape index (κ3) is 3.99. The fourth-order valence-corrected chi connectivity index (χ4v) is 2.37. The van der Waals surface area contributed by atoms with Crippen LogP contribution in [0.15, 0.2) is 42.5 Å². The van der Waals surface area contributed by atoms with Crippen LogP contribution in [0.4, 0.5) is 0 Å². The highest BCUT2D eigenvalue weighted by molar-refractivity contribution is 6.31. The molecular weight excluding hydrogens is 282 g/mol. The van der Waals surface area contributed by atoms with Crippen molar-refractivity contribution in [2.24, 2.45) is 0 Å². The van der Waals surface area contributed by atoms with Gasteiger partial charge in [0.15, 0.2) is 0 Å². The SMILES string of the molecule is CNCc1c(Cl)cccc1Oc1cccc(C(C)(C)C)c1. The summed E-state index contributed by atoms with van der Waals surface area (Å²) in [5.74, 6) is 1.63. The summed E-state index contributed by atoms with van der Waals surface area (Å²) in [6, 6.07) is 13.9. The van der Waals surface area contributed by atoms with Crippen LogP contribution < -0.4 is 10.1 Å². The molecule has 0 fully saturated rings. The molecule has 2 aromatic rings. The first-order valence-electron chi connectivity index (χ1n) is 7.12. The Morgan fingerprint density at radius 1 is 1.10 bits per heavy atom. The van der Waals surface area contributed by atoms with E-state index in [0.717, 1.165) is 17.1 Å². The minimum atomic E-state index is 0.0987. The number of ether oxygens (including phenoxy) is 1. The Balaban J connectivity index is 2.33. The van der Waals surface area contributed by atoms with Crippen molar-refractivity contribution in [2.75, 3.05) is 7.05 Å². The highest BCUT2D eigenvalue weighted by Gasteiger charge is 2.15. The number of nitrogens with one attached hydrogen (secondary N) is 1.